The topological polar surface area (TPSA) is 46.2 Å². The van der Waals surface area contributed by atoms with Gasteiger partial charge in [0.05, 0.1) is 4.90 Å². The van der Waals surface area contributed by atoms with Crippen LogP contribution in [0.5, 0.6) is 0 Å². The highest BCUT2D eigenvalue weighted by Crippen LogP contribution is 2.28. The van der Waals surface area contributed by atoms with Crippen LogP contribution in [-0.2, 0) is 10.0 Å². The first-order valence-corrected chi connectivity index (χ1v) is 8.88. The molecule has 0 aliphatic carbocycles. The highest BCUT2D eigenvalue weighted by atomic mass is 32.2. The van der Waals surface area contributed by atoms with Crippen molar-refractivity contribution in [2.24, 2.45) is 5.92 Å². The van der Waals surface area contributed by atoms with E-state index in [1.807, 2.05) is 6.92 Å². The van der Waals surface area contributed by atoms with Crippen LogP contribution in [0.15, 0.2) is 41.3 Å². The van der Waals surface area contributed by atoms with E-state index in [2.05, 4.69) is 0 Å². The van der Waals surface area contributed by atoms with Crippen LogP contribution in [0, 0.1) is 12.8 Å². The SMILES string of the molecule is CCC/C=C/C(C)C(NS(=O)(=O)c1ccc(C)cc1)C(F)(F)F. The maximum absolute atomic E-state index is 13.2. The molecule has 0 saturated carbocycles. The summed E-state index contributed by atoms with van der Waals surface area (Å²) in [6.07, 6.45) is -0.161. The van der Waals surface area contributed by atoms with Gasteiger partial charge < -0.3 is 0 Å². The van der Waals surface area contributed by atoms with E-state index in [4.69, 9.17) is 0 Å². The lowest BCUT2D eigenvalue weighted by atomic mass is 10.0. The number of sulfonamides is 1. The van der Waals surface area contributed by atoms with Gasteiger partial charge >= 0.3 is 6.18 Å². The van der Waals surface area contributed by atoms with Gasteiger partial charge in [-0.3, -0.25) is 0 Å². The molecule has 7 heteroatoms. The summed E-state index contributed by atoms with van der Waals surface area (Å²) in [6.45, 7) is 5.03. The fourth-order valence-electron chi connectivity index (χ4n) is 2.01. The number of allylic oxidation sites excluding steroid dienone is 1. The Balaban J connectivity index is 3.03. The van der Waals surface area contributed by atoms with Gasteiger partial charge in [-0.1, -0.05) is 50.1 Å². The molecule has 1 rings (SSSR count). The van der Waals surface area contributed by atoms with Crippen LogP contribution in [0.25, 0.3) is 0 Å². The Kier molecular flexibility index (Phi) is 6.83. The summed E-state index contributed by atoms with van der Waals surface area (Å²) in [7, 11) is -4.24. The predicted molar refractivity (Wildman–Crippen MR) is 84.6 cm³/mol. The molecule has 0 radical (unpaired) electrons. The molecule has 2 unspecified atom stereocenters. The molecule has 0 fully saturated rings. The molecule has 0 bridgehead atoms. The zero-order valence-corrected chi connectivity index (χ0v) is 14.2. The standard InChI is InChI=1S/C16H22F3NO2S/c1-4-5-6-7-13(3)15(16(17,18)19)20-23(21,22)14-10-8-12(2)9-11-14/h6-11,13,15,20H,4-5H2,1-3H3/b7-6+. The van der Waals surface area contributed by atoms with Crippen LogP contribution >= 0.6 is 0 Å². The van der Waals surface area contributed by atoms with Crippen molar-refractivity contribution in [2.45, 2.75) is 50.7 Å². The Morgan fingerprint density at radius 1 is 1.22 bits per heavy atom. The van der Waals surface area contributed by atoms with E-state index in [0.29, 0.717) is 6.42 Å². The molecule has 0 heterocycles. The molecule has 130 valence electrons. The van der Waals surface area contributed by atoms with Crippen LogP contribution in [0.4, 0.5) is 13.2 Å². The molecular weight excluding hydrogens is 327 g/mol. The van der Waals surface area contributed by atoms with Crippen LogP contribution in [0.2, 0.25) is 0 Å². The fraction of sp³-hybridized carbons (Fsp3) is 0.500. The number of hydrogen-bond acceptors (Lipinski definition) is 2. The van der Waals surface area contributed by atoms with Crippen molar-refractivity contribution in [3.05, 3.63) is 42.0 Å². The second kappa shape index (κ2) is 7.97. The summed E-state index contributed by atoms with van der Waals surface area (Å²) >= 11 is 0. The highest BCUT2D eigenvalue weighted by Gasteiger charge is 2.44. The largest absolute Gasteiger partial charge is 0.405 e. The van der Waals surface area contributed by atoms with E-state index in [0.717, 1.165) is 12.0 Å². The number of benzene rings is 1. The lowest BCUT2D eigenvalue weighted by Crippen LogP contribution is -2.48. The summed E-state index contributed by atoms with van der Waals surface area (Å²) in [4.78, 5) is -0.179. The molecule has 0 amide bonds. The van der Waals surface area contributed by atoms with Gasteiger partial charge in [-0.15, -0.1) is 0 Å². The average molecular weight is 349 g/mol. The zero-order chi connectivity index (χ0) is 17.7. The number of unbranched alkanes of at least 4 members (excludes halogenated alkanes) is 1. The predicted octanol–water partition coefficient (Wildman–Crippen LogP) is 4.20. The molecule has 23 heavy (non-hydrogen) atoms. The number of alkyl halides is 3. The van der Waals surface area contributed by atoms with Crippen molar-refractivity contribution in [1.82, 2.24) is 4.72 Å². The molecule has 1 aromatic rings. The van der Waals surface area contributed by atoms with Crippen molar-refractivity contribution in [1.29, 1.82) is 0 Å². The average Bonchev–Trinajstić information content (AvgIpc) is 2.44. The lowest BCUT2D eigenvalue weighted by molar-refractivity contribution is -0.158. The molecule has 3 nitrogen and oxygen atoms in total. The van der Waals surface area contributed by atoms with Crippen molar-refractivity contribution >= 4 is 10.0 Å². The van der Waals surface area contributed by atoms with Crippen LogP contribution in [0.3, 0.4) is 0 Å². The first-order chi connectivity index (χ1) is 10.6. The number of hydrogen-bond donors (Lipinski definition) is 1. The normalized spacial score (nSPS) is 15.7. The minimum atomic E-state index is -4.67. The van der Waals surface area contributed by atoms with Crippen molar-refractivity contribution in [3.8, 4) is 0 Å². The smallest absolute Gasteiger partial charge is 0.207 e. The van der Waals surface area contributed by atoms with Crippen molar-refractivity contribution in [2.75, 3.05) is 0 Å². The van der Waals surface area contributed by atoms with E-state index < -0.39 is 28.2 Å². The van der Waals surface area contributed by atoms with Gasteiger partial charge in [0.25, 0.3) is 0 Å². The Hall–Kier alpha value is -1.34. The first kappa shape index (κ1) is 19.7. The third-order valence-electron chi connectivity index (χ3n) is 3.39. The Labute approximate surface area is 135 Å². The van der Waals surface area contributed by atoms with Crippen LogP contribution in [0.1, 0.15) is 32.3 Å². The van der Waals surface area contributed by atoms with E-state index in [9.17, 15) is 21.6 Å². The van der Waals surface area contributed by atoms with Gasteiger partial charge in [-0.25, -0.2) is 8.42 Å². The van der Waals surface area contributed by atoms with Gasteiger partial charge in [0.1, 0.15) is 6.04 Å². The van der Waals surface area contributed by atoms with E-state index in [1.54, 1.807) is 29.9 Å². The molecule has 1 aromatic carbocycles. The molecule has 0 aromatic heterocycles. The molecule has 1 N–H and O–H groups in total. The van der Waals surface area contributed by atoms with Gasteiger partial charge in [-0.2, -0.15) is 17.9 Å². The maximum atomic E-state index is 13.2. The highest BCUT2D eigenvalue weighted by molar-refractivity contribution is 7.89. The summed E-state index contributed by atoms with van der Waals surface area (Å²) in [5, 5.41) is 0. The summed E-state index contributed by atoms with van der Waals surface area (Å²) in [5.41, 5.74) is 0.826. The quantitative estimate of drug-likeness (QED) is 0.750. The number of rotatable bonds is 7. The first-order valence-electron chi connectivity index (χ1n) is 7.40. The maximum Gasteiger partial charge on any atom is 0.405 e. The van der Waals surface area contributed by atoms with Gasteiger partial charge in [0.15, 0.2) is 0 Å². The van der Waals surface area contributed by atoms with E-state index >= 15 is 0 Å². The Morgan fingerprint density at radius 2 is 1.78 bits per heavy atom. The number of aryl methyl sites for hydroxylation is 1. The second-order valence-corrected chi connectivity index (χ2v) is 7.24. The Bertz CT molecular complexity index is 622. The zero-order valence-electron chi connectivity index (χ0n) is 13.4. The summed E-state index contributed by atoms with van der Waals surface area (Å²) in [6, 6.07) is 3.51. The monoisotopic (exact) mass is 349 g/mol. The Morgan fingerprint density at radius 3 is 2.26 bits per heavy atom. The third-order valence-corrected chi connectivity index (χ3v) is 4.84. The molecule has 0 saturated heterocycles. The minimum Gasteiger partial charge on any atom is -0.207 e. The number of nitrogens with one attached hydrogen (secondary N) is 1. The third kappa shape index (κ3) is 5.99. The van der Waals surface area contributed by atoms with Gasteiger partial charge in [-0.05, 0) is 31.4 Å². The van der Waals surface area contributed by atoms with Crippen LogP contribution < -0.4 is 4.72 Å². The molecule has 0 aliphatic heterocycles. The minimum absolute atomic E-state index is 0.179. The molecule has 0 spiro atoms. The van der Waals surface area contributed by atoms with Gasteiger partial charge in [0.2, 0.25) is 10.0 Å². The van der Waals surface area contributed by atoms with Gasteiger partial charge in [0, 0.05) is 0 Å². The summed E-state index contributed by atoms with van der Waals surface area (Å²) in [5.74, 6) is -0.998. The van der Waals surface area contributed by atoms with E-state index in [-0.39, 0.29) is 4.90 Å². The number of halogens is 3. The molecular formula is C16H22F3NO2S. The lowest BCUT2D eigenvalue weighted by Gasteiger charge is -2.25. The van der Waals surface area contributed by atoms with Crippen molar-refractivity contribution < 1.29 is 21.6 Å². The second-order valence-electron chi connectivity index (χ2n) is 5.53. The fourth-order valence-corrected chi connectivity index (χ4v) is 3.33. The molecule has 0 aliphatic rings. The molecule has 2 atom stereocenters. The summed E-state index contributed by atoms with van der Waals surface area (Å²) < 4.78 is 65.9. The van der Waals surface area contributed by atoms with E-state index in [1.165, 1.54) is 25.1 Å². The van der Waals surface area contributed by atoms with Crippen LogP contribution in [-0.4, -0.2) is 20.6 Å². The van der Waals surface area contributed by atoms with Crippen molar-refractivity contribution in [3.63, 3.8) is 0 Å².